The van der Waals surface area contributed by atoms with E-state index in [2.05, 4.69) is 22.1 Å². The Morgan fingerprint density at radius 1 is 1.00 bits per heavy atom. The van der Waals surface area contributed by atoms with Crippen molar-refractivity contribution < 1.29 is 9.90 Å². The molecule has 1 amide bonds. The summed E-state index contributed by atoms with van der Waals surface area (Å²) in [5.74, 6) is 5.50. The summed E-state index contributed by atoms with van der Waals surface area (Å²) in [7, 11) is 0. The van der Waals surface area contributed by atoms with Gasteiger partial charge in [0.15, 0.2) is 0 Å². The molecule has 0 spiro atoms. The zero-order valence-corrected chi connectivity index (χ0v) is 18.1. The van der Waals surface area contributed by atoms with E-state index in [1.807, 2.05) is 36.4 Å². The van der Waals surface area contributed by atoms with Crippen molar-refractivity contribution in [3.05, 3.63) is 71.1 Å². The molecule has 1 aromatic heterocycles. The number of aliphatic hydroxyl groups is 1. The Hall–Kier alpha value is -3.41. The van der Waals surface area contributed by atoms with Gasteiger partial charge >= 0.3 is 0 Å². The third-order valence-electron chi connectivity index (χ3n) is 6.42. The molecular weight excluding hydrogens is 398 g/mol. The Balaban J connectivity index is 1.55. The van der Waals surface area contributed by atoms with Crippen LogP contribution in [0.4, 0.5) is 0 Å². The van der Waals surface area contributed by atoms with Crippen molar-refractivity contribution in [2.24, 2.45) is 0 Å². The molecule has 0 aliphatic heterocycles. The quantitative estimate of drug-likeness (QED) is 0.436. The molecule has 2 aromatic rings. The van der Waals surface area contributed by atoms with Crippen LogP contribution in [0.2, 0.25) is 0 Å². The van der Waals surface area contributed by atoms with Gasteiger partial charge in [0.05, 0.1) is 11.2 Å². The molecule has 162 valence electrons. The molecule has 0 bridgehead atoms. The number of aromatic nitrogens is 1. The first-order chi connectivity index (χ1) is 15.5. The van der Waals surface area contributed by atoms with Gasteiger partial charge in [-0.15, -0.1) is 0 Å². The summed E-state index contributed by atoms with van der Waals surface area (Å²) >= 11 is 0. The number of carbonyl (C=O) groups is 1. The van der Waals surface area contributed by atoms with E-state index in [1.54, 1.807) is 18.2 Å². The lowest BCUT2D eigenvalue weighted by Gasteiger charge is -2.31. The van der Waals surface area contributed by atoms with Gasteiger partial charge < -0.3 is 10.4 Å². The number of nitrogens with zero attached hydrogens (tertiary/aromatic N) is 2. The molecule has 0 saturated heterocycles. The van der Waals surface area contributed by atoms with Crippen LogP contribution in [-0.2, 0) is 10.3 Å². The monoisotopic (exact) mass is 425 g/mol. The molecule has 0 atom stereocenters. The minimum Gasteiger partial charge on any atom is -0.378 e. The van der Waals surface area contributed by atoms with E-state index >= 15 is 0 Å². The summed E-state index contributed by atoms with van der Waals surface area (Å²) in [4.78, 5) is 17.5. The van der Waals surface area contributed by atoms with Crippen LogP contribution in [-0.4, -0.2) is 21.6 Å². The standard InChI is InChI=1S/C27H27N3O2/c28-20-21(25(31)30-27(16-6-7-17-27)22-9-2-1-3-10-22)19-24-12-8-11-23(29-24)13-18-26(32)14-4-5-15-26/h1-3,8-12,19,32H,4-7,14-17H2,(H,30,31). The fraction of sp³-hybridized carbons (Fsp3) is 0.370. The van der Waals surface area contributed by atoms with Crippen molar-refractivity contribution in [2.75, 3.05) is 0 Å². The van der Waals surface area contributed by atoms with Crippen LogP contribution in [0, 0.1) is 23.2 Å². The molecule has 32 heavy (non-hydrogen) atoms. The lowest BCUT2D eigenvalue weighted by atomic mass is 9.88. The number of nitrogens with one attached hydrogen (secondary N) is 1. The summed E-state index contributed by atoms with van der Waals surface area (Å²) in [6.45, 7) is 0. The van der Waals surface area contributed by atoms with Crippen molar-refractivity contribution >= 4 is 12.0 Å². The van der Waals surface area contributed by atoms with Crippen LogP contribution in [0.15, 0.2) is 54.1 Å². The SMILES string of the molecule is N#CC(=Cc1cccc(C#CC2(O)CCCC2)n1)C(=O)NC1(c2ccccc2)CCCC1. The number of benzene rings is 1. The van der Waals surface area contributed by atoms with Crippen LogP contribution in [0.1, 0.15) is 68.3 Å². The van der Waals surface area contributed by atoms with Gasteiger partial charge in [0, 0.05) is 0 Å². The number of nitriles is 1. The van der Waals surface area contributed by atoms with E-state index in [1.165, 1.54) is 6.08 Å². The van der Waals surface area contributed by atoms with Crippen LogP contribution in [0.5, 0.6) is 0 Å². The summed E-state index contributed by atoms with van der Waals surface area (Å²) in [6, 6.07) is 17.3. The van der Waals surface area contributed by atoms with Gasteiger partial charge in [-0.2, -0.15) is 5.26 Å². The number of carbonyl (C=O) groups excluding carboxylic acids is 1. The maximum absolute atomic E-state index is 13.0. The Labute approximate surface area is 189 Å². The summed E-state index contributed by atoms with van der Waals surface area (Å²) in [5.41, 5.74) is 0.711. The Kier molecular flexibility index (Phi) is 6.40. The molecular formula is C27H27N3O2. The number of hydrogen-bond acceptors (Lipinski definition) is 4. The number of pyridine rings is 1. The first kappa shape index (κ1) is 21.8. The van der Waals surface area contributed by atoms with E-state index in [0.717, 1.165) is 44.1 Å². The van der Waals surface area contributed by atoms with E-state index in [-0.39, 0.29) is 5.57 Å². The van der Waals surface area contributed by atoms with E-state index in [4.69, 9.17) is 0 Å². The topological polar surface area (TPSA) is 86.0 Å². The van der Waals surface area contributed by atoms with Gasteiger partial charge in [-0.05, 0) is 68.2 Å². The Bertz CT molecular complexity index is 1110. The molecule has 2 N–H and O–H groups in total. The molecule has 2 aliphatic rings. The van der Waals surface area contributed by atoms with Gasteiger partial charge in [0.1, 0.15) is 22.9 Å². The smallest absolute Gasteiger partial charge is 0.262 e. The number of hydrogen-bond donors (Lipinski definition) is 2. The van der Waals surface area contributed by atoms with Gasteiger partial charge in [-0.1, -0.05) is 55.2 Å². The van der Waals surface area contributed by atoms with Crippen LogP contribution in [0.3, 0.4) is 0 Å². The predicted molar refractivity (Wildman–Crippen MR) is 123 cm³/mol. The second kappa shape index (κ2) is 9.39. The molecule has 0 radical (unpaired) electrons. The minimum atomic E-state index is -0.932. The van der Waals surface area contributed by atoms with Crippen molar-refractivity contribution in [1.82, 2.24) is 10.3 Å². The third kappa shape index (κ3) is 4.90. The summed E-state index contributed by atoms with van der Waals surface area (Å²) in [6.07, 6.45) is 8.60. The highest BCUT2D eigenvalue weighted by Gasteiger charge is 2.37. The Morgan fingerprint density at radius 3 is 2.38 bits per heavy atom. The van der Waals surface area contributed by atoms with Crippen molar-refractivity contribution in [2.45, 2.75) is 62.5 Å². The maximum atomic E-state index is 13.0. The average molecular weight is 426 g/mol. The lowest BCUT2D eigenvalue weighted by Crippen LogP contribution is -2.44. The average Bonchev–Trinajstić information content (AvgIpc) is 3.47. The molecule has 2 fully saturated rings. The highest BCUT2D eigenvalue weighted by molar-refractivity contribution is 6.02. The van der Waals surface area contributed by atoms with E-state index in [9.17, 15) is 15.2 Å². The summed E-state index contributed by atoms with van der Waals surface area (Å²) in [5, 5.41) is 23.2. The first-order valence-corrected chi connectivity index (χ1v) is 11.2. The van der Waals surface area contributed by atoms with Crippen molar-refractivity contribution in [3.8, 4) is 17.9 Å². The number of amides is 1. The summed E-state index contributed by atoms with van der Waals surface area (Å²) < 4.78 is 0. The maximum Gasteiger partial charge on any atom is 0.262 e. The molecule has 4 rings (SSSR count). The molecule has 5 heteroatoms. The van der Waals surface area contributed by atoms with Crippen LogP contribution >= 0.6 is 0 Å². The van der Waals surface area contributed by atoms with Crippen LogP contribution in [0.25, 0.3) is 6.08 Å². The molecule has 0 unspecified atom stereocenters. The second-order valence-electron chi connectivity index (χ2n) is 8.72. The fourth-order valence-corrected chi connectivity index (χ4v) is 4.67. The second-order valence-corrected chi connectivity index (χ2v) is 8.72. The molecule has 5 nitrogen and oxygen atoms in total. The number of rotatable bonds is 4. The normalized spacial score (nSPS) is 18.9. The largest absolute Gasteiger partial charge is 0.378 e. The molecule has 2 saturated carbocycles. The highest BCUT2D eigenvalue weighted by atomic mass is 16.3. The van der Waals surface area contributed by atoms with Gasteiger partial charge in [0.25, 0.3) is 5.91 Å². The zero-order valence-electron chi connectivity index (χ0n) is 18.1. The fourth-order valence-electron chi connectivity index (χ4n) is 4.67. The lowest BCUT2D eigenvalue weighted by molar-refractivity contribution is -0.119. The zero-order chi connectivity index (χ0) is 22.4. The van der Waals surface area contributed by atoms with Crippen molar-refractivity contribution in [3.63, 3.8) is 0 Å². The highest BCUT2D eigenvalue weighted by Crippen LogP contribution is 2.38. The van der Waals surface area contributed by atoms with E-state index in [0.29, 0.717) is 24.2 Å². The predicted octanol–water partition coefficient (Wildman–Crippen LogP) is 4.23. The third-order valence-corrected chi connectivity index (χ3v) is 6.42. The first-order valence-electron chi connectivity index (χ1n) is 11.2. The van der Waals surface area contributed by atoms with Gasteiger partial charge in [0.2, 0.25) is 0 Å². The molecule has 2 aliphatic carbocycles. The Morgan fingerprint density at radius 2 is 1.69 bits per heavy atom. The van der Waals surface area contributed by atoms with Gasteiger partial charge in [-0.25, -0.2) is 4.98 Å². The molecule has 1 heterocycles. The van der Waals surface area contributed by atoms with Crippen molar-refractivity contribution in [1.29, 1.82) is 5.26 Å². The minimum absolute atomic E-state index is 0.0132. The van der Waals surface area contributed by atoms with E-state index < -0.39 is 17.0 Å². The molecule has 1 aromatic carbocycles. The van der Waals surface area contributed by atoms with Gasteiger partial charge in [-0.3, -0.25) is 4.79 Å². The van der Waals surface area contributed by atoms with Crippen LogP contribution < -0.4 is 5.32 Å².